The van der Waals surface area contributed by atoms with E-state index in [1.54, 1.807) is 12.0 Å². The van der Waals surface area contributed by atoms with Crippen LogP contribution in [0.3, 0.4) is 0 Å². The molecule has 0 spiro atoms. The first-order valence-corrected chi connectivity index (χ1v) is 8.68. The van der Waals surface area contributed by atoms with Crippen molar-refractivity contribution in [1.82, 2.24) is 10.2 Å². The van der Waals surface area contributed by atoms with Crippen molar-refractivity contribution in [3.05, 3.63) is 23.8 Å². The van der Waals surface area contributed by atoms with Crippen molar-refractivity contribution in [2.45, 2.75) is 31.9 Å². The van der Waals surface area contributed by atoms with Crippen LogP contribution in [0.2, 0.25) is 0 Å². The van der Waals surface area contributed by atoms with E-state index in [9.17, 15) is 9.59 Å². The molecule has 7 heteroatoms. The Labute approximate surface area is 147 Å². The number of nitrogens with zero attached hydrogens (tertiary/aromatic N) is 1. The molecule has 1 aromatic carbocycles. The Kier molecular flexibility index (Phi) is 5.55. The molecule has 0 saturated carbocycles. The normalized spacial score (nSPS) is 23.4. The summed E-state index contributed by atoms with van der Waals surface area (Å²) < 4.78 is 10.9. The predicted octanol–water partition coefficient (Wildman–Crippen LogP) is 0.922. The summed E-state index contributed by atoms with van der Waals surface area (Å²) in [7, 11) is 1.57. The lowest BCUT2D eigenvalue weighted by Gasteiger charge is -2.30. The van der Waals surface area contributed by atoms with E-state index < -0.39 is 12.1 Å². The third kappa shape index (κ3) is 3.93. The summed E-state index contributed by atoms with van der Waals surface area (Å²) in [6.45, 7) is 4.30. The van der Waals surface area contributed by atoms with Gasteiger partial charge in [0.2, 0.25) is 5.91 Å². The summed E-state index contributed by atoms with van der Waals surface area (Å²) >= 11 is 0. The number of methoxy groups -OCH3 is 1. The monoisotopic (exact) mass is 347 g/mol. The summed E-state index contributed by atoms with van der Waals surface area (Å²) in [4.78, 5) is 27.1. The van der Waals surface area contributed by atoms with Gasteiger partial charge >= 0.3 is 0 Å². The first kappa shape index (κ1) is 17.7. The van der Waals surface area contributed by atoms with Crippen molar-refractivity contribution in [3.8, 4) is 5.75 Å². The molecule has 2 aliphatic rings. The van der Waals surface area contributed by atoms with Crippen LogP contribution >= 0.6 is 0 Å². The van der Waals surface area contributed by atoms with Gasteiger partial charge in [0, 0.05) is 19.6 Å². The van der Waals surface area contributed by atoms with Crippen LogP contribution in [0.4, 0.5) is 5.69 Å². The number of amides is 2. The fourth-order valence-corrected chi connectivity index (χ4v) is 3.35. The van der Waals surface area contributed by atoms with Crippen LogP contribution in [0.15, 0.2) is 18.2 Å². The molecule has 0 bridgehead atoms. The number of hydrogen-bond donors (Lipinski definition) is 2. The summed E-state index contributed by atoms with van der Waals surface area (Å²) in [5, 5.41) is 6.07. The molecular formula is C18H25N3O4. The number of morpholine rings is 1. The maximum absolute atomic E-state index is 12.8. The summed E-state index contributed by atoms with van der Waals surface area (Å²) in [6, 6.07) is 5.15. The van der Waals surface area contributed by atoms with Crippen LogP contribution in [0, 0.1) is 6.92 Å². The van der Waals surface area contributed by atoms with Crippen LogP contribution < -0.4 is 15.4 Å². The SMILES string of the molecule is COc1ccc(C)cc1NC(=O)C1CCCN1C(=O)C1CNCCO1. The van der Waals surface area contributed by atoms with Crippen LogP contribution in [-0.4, -0.2) is 62.2 Å². The Balaban J connectivity index is 1.70. The largest absolute Gasteiger partial charge is 0.495 e. The van der Waals surface area contributed by atoms with Crippen LogP contribution in [0.1, 0.15) is 18.4 Å². The molecule has 2 saturated heterocycles. The van der Waals surface area contributed by atoms with Crippen molar-refractivity contribution >= 4 is 17.5 Å². The molecule has 2 aliphatic heterocycles. The highest BCUT2D eigenvalue weighted by molar-refractivity contribution is 5.99. The van der Waals surface area contributed by atoms with Crippen molar-refractivity contribution < 1.29 is 19.1 Å². The van der Waals surface area contributed by atoms with Gasteiger partial charge in [0.05, 0.1) is 19.4 Å². The number of anilines is 1. The molecule has 2 atom stereocenters. The van der Waals surface area contributed by atoms with Gasteiger partial charge in [0.1, 0.15) is 17.9 Å². The fourth-order valence-electron chi connectivity index (χ4n) is 3.35. The number of benzene rings is 1. The van der Waals surface area contributed by atoms with Crippen molar-refractivity contribution in [1.29, 1.82) is 0 Å². The molecule has 136 valence electrons. The van der Waals surface area contributed by atoms with Gasteiger partial charge in [-0.25, -0.2) is 0 Å². The van der Waals surface area contributed by atoms with Crippen molar-refractivity contribution in [2.75, 3.05) is 38.7 Å². The zero-order chi connectivity index (χ0) is 17.8. The van der Waals surface area contributed by atoms with E-state index in [-0.39, 0.29) is 11.8 Å². The Morgan fingerprint density at radius 3 is 2.96 bits per heavy atom. The van der Waals surface area contributed by atoms with Crippen molar-refractivity contribution in [3.63, 3.8) is 0 Å². The molecule has 3 rings (SSSR count). The van der Waals surface area contributed by atoms with Gasteiger partial charge in [0.25, 0.3) is 5.91 Å². The van der Waals surface area contributed by atoms with Gasteiger partial charge in [-0.3, -0.25) is 9.59 Å². The number of aryl methyl sites for hydroxylation is 1. The van der Waals surface area contributed by atoms with Crippen LogP contribution in [-0.2, 0) is 14.3 Å². The molecule has 2 amide bonds. The molecule has 2 fully saturated rings. The minimum Gasteiger partial charge on any atom is -0.495 e. The zero-order valence-corrected chi connectivity index (χ0v) is 14.7. The summed E-state index contributed by atoms with van der Waals surface area (Å²) in [5.41, 5.74) is 1.65. The van der Waals surface area contributed by atoms with Gasteiger partial charge in [-0.05, 0) is 37.5 Å². The Bertz CT molecular complexity index is 643. The van der Waals surface area contributed by atoms with E-state index in [1.807, 2.05) is 25.1 Å². The zero-order valence-electron chi connectivity index (χ0n) is 14.7. The summed E-state index contributed by atoms with van der Waals surface area (Å²) in [6.07, 6.45) is 0.969. The second kappa shape index (κ2) is 7.84. The smallest absolute Gasteiger partial charge is 0.253 e. The molecule has 0 aliphatic carbocycles. The highest BCUT2D eigenvalue weighted by Crippen LogP contribution is 2.27. The molecule has 2 N–H and O–H groups in total. The summed E-state index contributed by atoms with van der Waals surface area (Å²) in [5.74, 6) is 0.314. The van der Waals surface area contributed by atoms with Crippen LogP contribution in [0.5, 0.6) is 5.75 Å². The Hall–Kier alpha value is -2.12. The lowest BCUT2D eigenvalue weighted by Crippen LogP contribution is -2.52. The molecular weight excluding hydrogens is 322 g/mol. The third-order valence-corrected chi connectivity index (χ3v) is 4.65. The number of likely N-dealkylation sites (tertiary alicyclic amines) is 1. The standard InChI is InChI=1S/C18H25N3O4/c1-12-5-6-15(24-2)13(10-12)20-17(22)14-4-3-8-21(14)18(23)16-11-19-7-9-25-16/h5-6,10,14,16,19H,3-4,7-9,11H2,1-2H3,(H,20,22). The highest BCUT2D eigenvalue weighted by atomic mass is 16.5. The number of rotatable bonds is 4. The number of carbonyl (C=O) groups is 2. The molecule has 1 aromatic rings. The number of hydrogen-bond acceptors (Lipinski definition) is 5. The minimum absolute atomic E-state index is 0.110. The lowest BCUT2D eigenvalue weighted by molar-refractivity contribution is -0.148. The molecule has 7 nitrogen and oxygen atoms in total. The molecule has 2 heterocycles. The van der Waals surface area contributed by atoms with E-state index in [2.05, 4.69) is 10.6 Å². The Morgan fingerprint density at radius 1 is 1.40 bits per heavy atom. The molecule has 2 unspecified atom stereocenters. The average Bonchev–Trinajstić information content (AvgIpc) is 3.12. The first-order valence-electron chi connectivity index (χ1n) is 8.68. The second-order valence-corrected chi connectivity index (χ2v) is 6.45. The van der Waals surface area contributed by atoms with Gasteiger partial charge in [-0.15, -0.1) is 0 Å². The van der Waals surface area contributed by atoms with E-state index >= 15 is 0 Å². The third-order valence-electron chi connectivity index (χ3n) is 4.65. The number of ether oxygens (including phenoxy) is 2. The quantitative estimate of drug-likeness (QED) is 0.847. The molecule has 25 heavy (non-hydrogen) atoms. The number of carbonyl (C=O) groups excluding carboxylic acids is 2. The maximum Gasteiger partial charge on any atom is 0.253 e. The van der Waals surface area contributed by atoms with Crippen molar-refractivity contribution in [2.24, 2.45) is 0 Å². The van der Waals surface area contributed by atoms with Gasteiger partial charge in [-0.2, -0.15) is 0 Å². The highest BCUT2D eigenvalue weighted by Gasteiger charge is 2.38. The van der Waals surface area contributed by atoms with Gasteiger partial charge < -0.3 is 25.0 Å². The van der Waals surface area contributed by atoms with Gasteiger partial charge in [-0.1, -0.05) is 6.07 Å². The van der Waals surface area contributed by atoms with E-state index in [1.165, 1.54) is 0 Å². The number of nitrogens with one attached hydrogen (secondary N) is 2. The Morgan fingerprint density at radius 2 is 2.24 bits per heavy atom. The fraction of sp³-hybridized carbons (Fsp3) is 0.556. The lowest BCUT2D eigenvalue weighted by atomic mass is 10.1. The predicted molar refractivity (Wildman–Crippen MR) is 93.7 cm³/mol. The van der Waals surface area contributed by atoms with Crippen LogP contribution in [0.25, 0.3) is 0 Å². The molecule has 0 aromatic heterocycles. The van der Waals surface area contributed by atoms with Gasteiger partial charge in [0.15, 0.2) is 0 Å². The average molecular weight is 347 g/mol. The first-order chi connectivity index (χ1) is 12.1. The topological polar surface area (TPSA) is 79.9 Å². The molecule has 0 radical (unpaired) electrons. The minimum atomic E-state index is -0.504. The van der Waals surface area contributed by atoms with E-state index in [4.69, 9.17) is 9.47 Å². The maximum atomic E-state index is 12.8. The van der Waals surface area contributed by atoms with E-state index in [0.717, 1.165) is 18.5 Å². The van der Waals surface area contributed by atoms with E-state index in [0.29, 0.717) is 37.6 Å². The second-order valence-electron chi connectivity index (χ2n) is 6.45.